The van der Waals surface area contributed by atoms with Crippen molar-refractivity contribution in [3.05, 3.63) is 59.7 Å². The van der Waals surface area contributed by atoms with Crippen molar-refractivity contribution < 1.29 is 23.1 Å². The lowest BCUT2D eigenvalue weighted by atomic mass is 9.93. The van der Waals surface area contributed by atoms with Crippen molar-refractivity contribution in [2.24, 2.45) is 0 Å². The fourth-order valence-corrected chi connectivity index (χ4v) is 2.83. The molecule has 1 heterocycles. The molecule has 2 N–H and O–H groups in total. The maximum Gasteiger partial charge on any atom is 0.423 e. The molecule has 1 amide bonds. The molecule has 0 aliphatic rings. The summed E-state index contributed by atoms with van der Waals surface area (Å²) in [5.41, 5.74) is -2.32. The van der Waals surface area contributed by atoms with Crippen molar-refractivity contribution in [2.45, 2.75) is 11.8 Å². The summed E-state index contributed by atoms with van der Waals surface area (Å²) in [6.45, 7) is -1.01. The predicted molar refractivity (Wildman–Crippen MR) is 86.1 cm³/mol. The molecule has 9 heteroatoms. The van der Waals surface area contributed by atoms with Crippen LogP contribution >= 0.6 is 11.7 Å². The second-order valence-corrected chi connectivity index (χ2v) is 5.90. The van der Waals surface area contributed by atoms with Crippen LogP contribution in [0.1, 0.15) is 15.9 Å². The highest BCUT2D eigenvalue weighted by atomic mass is 32.1. The lowest BCUT2D eigenvalue weighted by Gasteiger charge is -2.31. The summed E-state index contributed by atoms with van der Waals surface area (Å²) in [4.78, 5) is 12.2. The molecule has 0 saturated heterocycles. The fraction of sp³-hybridized carbons (Fsp3) is 0.188. The van der Waals surface area contributed by atoms with E-state index < -0.39 is 24.2 Å². The predicted octanol–water partition coefficient (Wildman–Crippen LogP) is 2.87. The zero-order valence-corrected chi connectivity index (χ0v) is 13.4. The van der Waals surface area contributed by atoms with Gasteiger partial charge >= 0.3 is 6.18 Å². The van der Waals surface area contributed by atoms with E-state index in [1.807, 2.05) is 0 Å². The van der Waals surface area contributed by atoms with E-state index in [4.69, 9.17) is 0 Å². The Morgan fingerprint density at radius 1 is 1.08 bits per heavy atom. The average molecular weight is 367 g/mol. The quantitative estimate of drug-likeness (QED) is 0.744. The van der Waals surface area contributed by atoms with Crippen molar-refractivity contribution in [1.29, 1.82) is 0 Å². The van der Waals surface area contributed by atoms with E-state index in [2.05, 4.69) is 14.1 Å². The van der Waals surface area contributed by atoms with Crippen molar-refractivity contribution in [1.82, 2.24) is 14.1 Å². The van der Waals surface area contributed by atoms with Crippen molar-refractivity contribution >= 4 is 28.7 Å². The van der Waals surface area contributed by atoms with Gasteiger partial charge in [-0.05, 0) is 23.8 Å². The molecule has 0 bridgehead atoms. The smallest absolute Gasteiger partial charge is 0.375 e. The maximum absolute atomic E-state index is 13.4. The van der Waals surface area contributed by atoms with Gasteiger partial charge in [0.25, 0.3) is 5.91 Å². The van der Waals surface area contributed by atoms with E-state index in [9.17, 15) is 23.1 Å². The van der Waals surface area contributed by atoms with Crippen LogP contribution in [0.15, 0.2) is 48.5 Å². The molecule has 2 aromatic carbocycles. The molecule has 25 heavy (non-hydrogen) atoms. The van der Waals surface area contributed by atoms with Gasteiger partial charge in [-0.2, -0.15) is 21.9 Å². The summed E-state index contributed by atoms with van der Waals surface area (Å²) >= 11 is 0.971. The molecule has 3 aromatic rings. The Labute approximate surface area is 144 Å². The molecule has 0 saturated carbocycles. The SMILES string of the molecule is O=C(NC[C@](O)(c1ccccc1)C(F)(F)F)c1ccc2nsnc2c1. The van der Waals surface area contributed by atoms with Gasteiger partial charge in [0.05, 0.1) is 18.3 Å². The first-order chi connectivity index (χ1) is 11.8. The summed E-state index contributed by atoms with van der Waals surface area (Å²) in [7, 11) is 0. The molecule has 0 fully saturated rings. The normalized spacial score (nSPS) is 14.2. The van der Waals surface area contributed by atoms with E-state index in [-0.39, 0.29) is 11.1 Å². The standard InChI is InChI=1S/C16H12F3N3O2S/c17-16(18,19)15(24,11-4-2-1-3-5-11)9-20-14(23)10-6-7-12-13(8-10)22-25-21-12/h1-8,24H,9H2,(H,20,23)/t15-/m0/s1. The lowest BCUT2D eigenvalue weighted by Crippen LogP contribution is -2.51. The molecule has 0 unspecified atom stereocenters. The van der Waals surface area contributed by atoms with Crippen molar-refractivity contribution in [3.8, 4) is 0 Å². The summed E-state index contributed by atoms with van der Waals surface area (Å²) in [5, 5.41) is 12.3. The Balaban J connectivity index is 1.82. The van der Waals surface area contributed by atoms with Crippen LogP contribution in [-0.2, 0) is 5.60 Å². The number of carbonyl (C=O) groups excluding carboxylic acids is 1. The van der Waals surface area contributed by atoms with Crippen LogP contribution in [0.5, 0.6) is 0 Å². The molecule has 1 aromatic heterocycles. The Kier molecular flexibility index (Phi) is 4.44. The second kappa shape index (κ2) is 6.41. The monoisotopic (exact) mass is 367 g/mol. The Bertz CT molecular complexity index is 898. The zero-order valence-electron chi connectivity index (χ0n) is 12.6. The number of fused-ring (bicyclic) bond motifs is 1. The number of aromatic nitrogens is 2. The minimum atomic E-state index is -4.95. The van der Waals surface area contributed by atoms with Gasteiger partial charge in [0, 0.05) is 5.56 Å². The highest BCUT2D eigenvalue weighted by Gasteiger charge is 2.55. The van der Waals surface area contributed by atoms with Crippen LogP contribution in [0.2, 0.25) is 0 Å². The lowest BCUT2D eigenvalue weighted by molar-refractivity contribution is -0.263. The van der Waals surface area contributed by atoms with Crippen LogP contribution in [-0.4, -0.2) is 32.5 Å². The van der Waals surface area contributed by atoms with Gasteiger partial charge in [-0.25, -0.2) is 0 Å². The number of nitrogens with one attached hydrogen (secondary N) is 1. The topological polar surface area (TPSA) is 75.1 Å². The number of rotatable bonds is 4. The van der Waals surface area contributed by atoms with Crippen LogP contribution in [0.4, 0.5) is 13.2 Å². The van der Waals surface area contributed by atoms with Crippen LogP contribution in [0, 0.1) is 0 Å². The maximum atomic E-state index is 13.4. The number of halogens is 3. The molecular weight excluding hydrogens is 355 g/mol. The number of hydrogen-bond acceptors (Lipinski definition) is 5. The largest absolute Gasteiger partial charge is 0.423 e. The van der Waals surface area contributed by atoms with E-state index in [0.29, 0.717) is 11.0 Å². The molecule has 130 valence electrons. The third-order valence-corrected chi connectivity index (χ3v) is 4.30. The van der Waals surface area contributed by atoms with Gasteiger partial charge in [-0.15, -0.1) is 0 Å². The third kappa shape index (κ3) is 3.33. The number of hydrogen-bond donors (Lipinski definition) is 2. The van der Waals surface area contributed by atoms with Gasteiger partial charge in [0.2, 0.25) is 5.60 Å². The van der Waals surface area contributed by atoms with Crippen molar-refractivity contribution in [2.75, 3.05) is 6.54 Å². The highest BCUT2D eigenvalue weighted by molar-refractivity contribution is 7.00. The minimum Gasteiger partial charge on any atom is -0.375 e. The molecule has 0 spiro atoms. The average Bonchev–Trinajstić information content (AvgIpc) is 3.06. The van der Waals surface area contributed by atoms with E-state index in [1.165, 1.54) is 30.3 Å². The zero-order chi connectivity index (χ0) is 18.1. The summed E-state index contributed by atoms with van der Waals surface area (Å²) in [5.74, 6) is -0.742. The van der Waals surface area contributed by atoms with Gasteiger partial charge in [0.15, 0.2) is 0 Å². The Morgan fingerprint density at radius 2 is 1.76 bits per heavy atom. The minimum absolute atomic E-state index is 0.137. The van der Waals surface area contributed by atoms with E-state index >= 15 is 0 Å². The van der Waals surface area contributed by atoms with Crippen molar-refractivity contribution in [3.63, 3.8) is 0 Å². The first-order valence-corrected chi connectivity index (χ1v) is 7.89. The van der Waals surface area contributed by atoms with Crippen LogP contribution in [0.25, 0.3) is 11.0 Å². The molecule has 0 aliphatic heterocycles. The van der Waals surface area contributed by atoms with E-state index in [1.54, 1.807) is 6.07 Å². The number of amides is 1. The van der Waals surface area contributed by atoms with Gasteiger partial charge in [0.1, 0.15) is 11.0 Å². The second-order valence-electron chi connectivity index (χ2n) is 5.37. The van der Waals surface area contributed by atoms with Crippen LogP contribution in [0.3, 0.4) is 0 Å². The first-order valence-electron chi connectivity index (χ1n) is 7.16. The van der Waals surface area contributed by atoms with Gasteiger partial charge < -0.3 is 10.4 Å². The summed E-state index contributed by atoms with van der Waals surface area (Å²) in [6, 6.07) is 11.1. The number of nitrogens with zero attached hydrogens (tertiary/aromatic N) is 2. The number of aliphatic hydroxyl groups is 1. The van der Waals surface area contributed by atoms with Gasteiger partial charge in [-0.1, -0.05) is 30.3 Å². The number of alkyl halides is 3. The first kappa shape index (κ1) is 17.3. The molecule has 0 radical (unpaired) electrons. The molecule has 0 aliphatic carbocycles. The fourth-order valence-electron chi connectivity index (χ4n) is 2.31. The Hall–Kier alpha value is -2.52. The molecule has 1 atom stereocenters. The van der Waals surface area contributed by atoms with E-state index in [0.717, 1.165) is 23.9 Å². The van der Waals surface area contributed by atoms with Gasteiger partial charge in [-0.3, -0.25) is 4.79 Å². The molecule has 3 rings (SSSR count). The highest BCUT2D eigenvalue weighted by Crippen LogP contribution is 2.38. The molecule has 5 nitrogen and oxygen atoms in total. The number of carbonyl (C=O) groups is 1. The Morgan fingerprint density at radius 3 is 2.44 bits per heavy atom. The van der Waals surface area contributed by atoms with Crippen LogP contribution < -0.4 is 5.32 Å². The summed E-state index contributed by atoms with van der Waals surface area (Å²) in [6.07, 6.45) is -4.95. The third-order valence-electron chi connectivity index (χ3n) is 3.74. The summed E-state index contributed by atoms with van der Waals surface area (Å²) < 4.78 is 48.1. The molecular formula is C16H12F3N3O2S. The number of benzene rings is 2.